The largest absolute Gasteiger partial charge is 0.445 e. The van der Waals surface area contributed by atoms with Gasteiger partial charge in [0, 0.05) is 19.0 Å². The van der Waals surface area contributed by atoms with E-state index in [9.17, 15) is 24.9 Å². The lowest BCUT2D eigenvalue weighted by molar-refractivity contribution is -0.214. The first-order chi connectivity index (χ1) is 22.4. The average Bonchev–Trinajstić information content (AvgIpc) is 3.44. The van der Waals surface area contributed by atoms with Crippen LogP contribution < -0.4 is 9.80 Å². The Morgan fingerprint density at radius 1 is 0.936 bits per heavy atom. The van der Waals surface area contributed by atoms with Gasteiger partial charge in [0.05, 0.1) is 22.9 Å². The van der Waals surface area contributed by atoms with Gasteiger partial charge in [-0.1, -0.05) is 69.3 Å². The standard InChI is InChI=1S/C38H44N2O7/c1-21-19-37-22(2)17-27-30(36(27,3)4)26(32(37)42)18-25(20-46-34(43)39-15-13-23-9-5-7-11-28(23)39)31(41)38(37,45)33(21)47-35(44)40-16-14-24-10-6-8-12-29(24)40/h5-12,18-19,22,26-27,30-33,41-42,45H,13-17,20H2,1-4H3/t22-,26+,27-,30+,31-,32?,33+,37+,38+/m1/s1. The summed E-state index contributed by atoms with van der Waals surface area (Å²) in [7, 11) is 0. The van der Waals surface area contributed by atoms with Crippen LogP contribution in [0.5, 0.6) is 0 Å². The van der Waals surface area contributed by atoms with E-state index in [0.29, 0.717) is 36.6 Å². The number of para-hydroxylation sites is 2. The van der Waals surface area contributed by atoms with E-state index in [2.05, 4.69) is 13.8 Å². The Bertz CT molecular complexity index is 1720. The predicted octanol–water partition coefficient (Wildman–Crippen LogP) is 5.02. The number of ether oxygens (including phenoxy) is 2. The van der Waals surface area contributed by atoms with E-state index in [1.54, 1.807) is 16.7 Å². The van der Waals surface area contributed by atoms with Gasteiger partial charge in [-0.05, 0) is 83.8 Å². The third-order valence-corrected chi connectivity index (χ3v) is 12.8. The number of hydrogen-bond acceptors (Lipinski definition) is 7. The second-order valence-electron chi connectivity index (χ2n) is 15.3. The van der Waals surface area contributed by atoms with Crippen LogP contribution >= 0.6 is 0 Å². The van der Waals surface area contributed by atoms with Crippen molar-refractivity contribution in [1.82, 2.24) is 0 Å². The SMILES string of the molecule is CC1=C[C@]23C(O)[C@@H](C=C(COC(=O)N4CCc5ccccc54)[C@@H](O)[C@]2(O)[C@H]1OC(=O)N1CCc2ccccc21)[C@H]1[C@@H](C[C@H]3C)C1(C)C. The summed E-state index contributed by atoms with van der Waals surface area (Å²) < 4.78 is 12.1. The maximum Gasteiger partial charge on any atom is 0.415 e. The fourth-order valence-corrected chi connectivity index (χ4v) is 10.3. The Morgan fingerprint density at radius 2 is 1.53 bits per heavy atom. The number of hydrogen-bond donors (Lipinski definition) is 3. The molecule has 2 aliphatic heterocycles. The molecule has 0 saturated heterocycles. The topological polar surface area (TPSA) is 120 Å². The van der Waals surface area contributed by atoms with Crippen LogP contribution in [0.2, 0.25) is 0 Å². The molecule has 2 aromatic rings. The monoisotopic (exact) mass is 640 g/mol. The molecule has 1 unspecified atom stereocenters. The number of nitrogens with zero attached hydrogens (tertiary/aromatic N) is 2. The molecule has 9 nitrogen and oxygen atoms in total. The summed E-state index contributed by atoms with van der Waals surface area (Å²) in [6, 6.07) is 15.4. The number of carbonyl (C=O) groups is 2. The van der Waals surface area contributed by atoms with E-state index in [-0.39, 0.29) is 23.9 Å². The third kappa shape index (κ3) is 4.12. The van der Waals surface area contributed by atoms with Crippen molar-refractivity contribution < 1.29 is 34.4 Å². The van der Waals surface area contributed by atoms with Crippen molar-refractivity contribution in [1.29, 1.82) is 0 Å². The zero-order chi connectivity index (χ0) is 33.0. The highest BCUT2D eigenvalue weighted by atomic mass is 16.6. The summed E-state index contributed by atoms with van der Waals surface area (Å²) in [6.07, 6.45) is 0.840. The Kier molecular flexibility index (Phi) is 6.80. The van der Waals surface area contributed by atoms with Gasteiger partial charge in [0.25, 0.3) is 0 Å². The van der Waals surface area contributed by atoms with E-state index in [4.69, 9.17) is 9.47 Å². The van der Waals surface area contributed by atoms with Gasteiger partial charge in [0.2, 0.25) is 0 Å². The van der Waals surface area contributed by atoms with Gasteiger partial charge in [-0.2, -0.15) is 0 Å². The van der Waals surface area contributed by atoms with Gasteiger partial charge in [0.1, 0.15) is 18.3 Å². The zero-order valence-corrected chi connectivity index (χ0v) is 27.4. The number of amides is 2. The Balaban J connectivity index is 1.15. The van der Waals surface area contributed by atoms with E-state index < -0.39 is 47.4 Å². The van der Waals surface area contributed by atoms with Crippen molar-refractivity contribution in [3.63, 3.8) is 0 Å². The molecule has 2 heterocycles. The molecule has 2 amide bonds. The van der Waals surface area contributed by atoms with Crippen molar-refractivity contribution in [3.05, 3.63) is 83.0 Å². The smallest absolute Gasteiger partial charge is 0.415 e. The average molecular weight is 641 g/mol. The van der Waals surface area contributed by atoms with Gasteiger partial charge >= 0.3 is 12.2 Å². The van der Waals surface area contributed by atoms with Gasteiger partial charge in [-0.25, -0.2) is 9.59 Å². The highest BCUT2D eigenvalue weighted by Crippen LogP contribution is 2.72. The predicted molar refractivity (Wildman–Crippen MR) is 176 cm³/mol. The van der Waals surface area contributed by atoms with Crippen molar-refractivity contribution in [3.8, 4) is 0 Å². The molecule has 8 rings (SSSR count). The lowest BCUT2D eigenvalue weighted by Gasteiger charge is -2.52. The Labute approximate surface area is 275 Å². The second kappa shape index (κ2) is 10.4. The molecular weight excluding hydrogens is 596 g/mol. The number of aliphatic hydroxyl groups excluding tert-OH is 2. The summed E-state index contributed by atoms with van der Waals surface area (Å²) in [5.41, 5.74) is 1.10. The van der Waals surface area contributed by atoms with Crippen LogP contribution in [-0.2, 0) is 22.3 Å². The minimum Gasteiger partial charge on any atom is -0.445 e. The van der Waals surface area contributed by atoms with Crippen molar-refractivity contribution in [2.45, 2.75) is 70.9 Å². The quantitative estimate of drug-likeness (QED) is 0.403. The molecular formula is C38H44N2O7. The van der Waals surface area contributed by atoms with Crippen molar-refractivity contribution in [2.24, 2.45) is 34.5 Å². The number of anilines is 2. The molecule has 2 fully saturated rings. The normalized spacial score (nSPS) is 37.4. The molecule has 6 aliphatic rings. The maximum atomic E-state index is 13.8. The fourth-order valence-electron chi connectivity index (χ4n) is 10.3. The maximum absolute atomic E-state index is 13.8. The molecule has 2 aromatic carbocycles. The lowest BCUT2D eigenvalue weighted by atomic mass is 9.58. The number of benzene rings is 2. The Morgan fingerprint density at radius 3 is 2.17 bits per heavy atom. The van der Waals surface area contributed by atoms with Crippen LogP contribution in [0.3, 0.4) is 0 Å². The zero-order valence-electron chi connectivity index (χ0n) is 27.4. The van der Waals surface area contributed by atoms with E-state index >= 15 is 0 Å². The minimum absolute atomic E-state index is 0.0428. The summed E-state index contributed by atoms with van der Waals surface area (Å²) in [5.74, 6) is -0.247. The lowest BCUT2D eigenvalue weighted by Crippen LogP contribution is -2.67. The molecule has 0 aromatic heterocycles. The van der Waals surface area contributed by atoms with Gasteiger partial charge in [-0.15, -0.1) is 0 Å². The summed E-state index contributed by atoms with van der Waals surface area (Å²) in [6.45, 7) is 8.90. The first kappa shape index (κ1) is 30.7. The molecule has 1 spiro atoms. The second-order valence-corrected chi connectivity index (χ2v) is 15.3. The van der Waals surface area contributed by atoms with Crippen molar-refractivity contribution >= 4 is 23.6 Å². The van der Waals surface area contributed by atoms with Crippen LogP contribution in [0, 0.1) is 34.5 Å². The molecule has 9 heteroatoms. The Hall–Kier alpha value is -3.66. The summed E-state index contributed by atoms with van der Waals surface area (Å²) >= 11 is 0. The van der Waals surface area contributed by atoms with E-state index in [1.165, 1.54) is 0 Å². The molecule has 3 N–H and O–H groups in total. The molecule has 9 atom stereocenters. The van der Waals surface area contributed by atoms with Crippen molar-refractivity contribution in [2.75, 3.05) is 29.5 Å². The molecule has 248 valence electrons. The first-order valence-corrected chi connectivity index (χ1v) is 17.0. The van der Waals surface area contributed by atoms with Gasteiger partial charge in [0.15, 0.2) is 6.10 Å². The van der Waals surface area contributed by atoms with Gasteiger partial charge < -0.3 is 24.8 Å². The van der Waals surface area contributed by atoms with Gasteiger partial charge in [-0.3, -0.25) is 9.80 Å². The van der Waals surface area contributed by atoms with Crippen LogP contribution in [0.4, 0.5) is 21.0 Å². The number of fused-ring (bicyclic) bond motifs is 5. The highest BCUT2D eigenvalue weighted by molar-refractivity contribution is 5.91. The number of rotatable bonds is 3. The minimum atomic E-state index is -2.11. The molecule has 2 bridgehead atoms. The molecule has 2 saturated carbocycles. The highest BCUT2D eigenvalue weighted by Gasteiger charge is 2.76. The van der Waals surface area contributed by atoms with Crippen LogP contribution in [-0.4, -0.2) is 71.1 Å². The summed E-state index contributed by atoms with van der Waals surface area (Å²) in [5, 5.41) is 37.9. The van der Waals surface area contributed by atoms with E-state index in [1.807, 2.05) is 67.6 Å². The first-order valence-electron chi connectivity index (χ1n) is 17.0. The van der Waals surface area contributed by atoms with Crippen LogP contribution in [0.1, 0.15) is 45.2 Å². The summed E-state index contributed by atoms with van der Waals surface area (Å²) in [4.78, 5) is 30.4. The molecule has 4 aliphatic carbocycles. The molecule has 0 radical (unpaired) electrons. The van der Waals surface area contributed by atoms with E-state index in [0.717, 1.165) is 35.3 Å². The third-order valence-electron chi connectivity index (χ3n) is 12.8. The number of aliphatic hydroxyl groups is 3. The number of carbonyl (C=O) groups excluding carboxylic acids is 2. The van der Waals surface area contributed by atoms with Crippen LogP contribution in [0.25, 0.3) is 0 Å². The molecule has 47 heavy (non-hydrogen) atoms. The fraction of sp³-hybridized carbons (Fsp3) is 0.526. The van der Waals surface area contributed by atoms with Crippen LogP contribution in [0.15, 0.2) is 71.8 Å².